The second kappa shape index (κ2) is 5.12. The number of rotatable bonds is 3. The van der Waals surface area contributed by atoms with Gasteiger partial charge in [-0.2, -0.15) is 0 Å². The van der Waals surface area contributed by atoms with Crippen molar-refractivity contribution < 1.29 is 4.79 Å². The topological polar surface area (TPSA) is 43.1 Å². The summed E-state index contributed by atoms with van der Waals surface area (Å²) in [4.78, 5) is 12.9. The highest BCUT2D eigenvalue weighted by atomic mass is 16.1. The van der Waals surface area contributed by atoms with E-state index in [4.69, 9.17) is 5.73 Å². The van der Waals surface area contributed by atoms with Gasteiger partial charge in [-0.15, -0.1) is 0 Å². The molecule has 0 amide bonds. The molecule has 0 aliphatic heterocycles. The minimum absolute atomic E-state index is 0.142. The van der Waals surface area contributed by atoms with E-state index < -0.39 is 5.41 Å². The number of aryl methyl sites for hydroxylation is 1. The Kier molecular flexibility index (Phi) is 3.67. The third kappa shape index (κ3) is 2.46. The first-order valence-electron chi connectivity index (χ1n) is 6.81. The average molecular weight is 267 g/mol. The molecule has 0 unspecified atom stereocenters. The molecule has 0 radical (unpaired) electrons. The highest BCUT2D eigenvalue weighted by molar-refractivity contribution is 6.04. The molecule has 2 aromatic rings. The summed E-state index contributed by atoms with van der Waals surface area (Å²) < 4.78 is 0. The van der Waals surface area contributed by atoms with Crippen LogP contribution in [0.25, 0.3) is 0 Å². The Morgan fingerprint density at radius 2 is 1.60 bits per heavy atom. The van der Waals surface area contributed by atoms with E-state index in [1.54, 1.807) is 0 Å². The molecule has 0 heterocycles. The van der Waals surface area contributed by atoms with Crippen LogP contribution >= 0.6 is 0 Å². The molecule has 104 valence electrons. The van der Waals surface area contributed by atoms with E-state index in [0.29, 0.717) is 5.69 Å². The number of hydrogen-bond acceptors (Lipinski definition) is 2. The number of anilines is 1. The van der Waals surface area contributed by atoms with E-state index in [1.165, 1.54) is 0 Å². The van der Waals surface area contributed by atoms with Crippen molar-refractivity contribution in [2.75, 3.05) is 5.73 Å². The lowest BCUT2D eigenvalue weighted by atomic mass is 9.77. The summed E-state index contributed by atoms with van der Waals surface area (Å²) in [7, 11) is 0. The van der Waals surface area contributed by atoms with Crippen LogP contribution in [0.3, 0.4) is 0 Å². The highest BCUT2D eigenvalue weighted by Crippen LogP contribution is 2.30. The van der Waals surface area contributed by atoms with Crippen molar-refractivity contribution in [1.82, 2.24) is 0 Å². The van der Waals surface area contributed by atoms with Gasteiger partial charge in [-0.05, 0) is 56.5 Å². The van der Waals surface area contributed by atoms with Crippen molar-refractivity contribution in [3.8, 4) is 0 Å². The molecule has 0 fully saturated rings. The molecule has 0 bridgehead atoms. The van der Waals surface area contributed by atoms with E-state index in [9.17, 15) is 4.79 Å². The van der Waals surface area contributed by atoms with Gasteiger partial charge in [0.25, 0.3) is 0 Å². The number of benzene rings is 2. The van der Waals surface area contributed by atoms with Gasteiger partial charge in [-0.25, -0.2) is 0 Å². The minimum Gasteiger partial charge on any atom is -0.399 e. The van der Waals surface area contributed by atoms with Gasteiger partial charge in [-0.1, -0.05) is 30.3 Å². The first kappa shape index (κ1) is 14.3. The number of Topliss-reactive ketones (excluding diaryl/α,β-unsaturated/α-hetero) is 1. The Balaban J connectivity index is 2.45. The number of nitrogens with two attached hydrogens (primary N) is 1. The lowest BCUT2D eigenvalue weighted by Crippen LogP contribution is -2.29. The SMILES string of the molecule is Cc1cccc(C(=O)C(C)(C)c2ccc(N)cc2)c1C. The fourth-order valence-electron chi connectivity index (χ4n) is 2.36. The van der Waals surface area contributed by atoms with Gasteiger partial charge in [0, 0.05) is 11.3 Å². The fourth-order valence-corrected chi connectivity index (χ4v) is 2.36. The summed E-state index contributed by atoms with van der Waals surface area (Å²) in [6, 6.07) is 13.4. The van der Waals surface area contributed by atoms with Gasteiger partial charge in [0.2, 0.25) is 0 Å². The molecule has 2 heteroatoms. The van der Waals surface area contributed by atoms with Gasteiger partial charge in [0.05, 0.1) is 5.41 Å². The molecule has 2 aromatic carbocycles. The quantitative estimate of drug-likeness (QED) is 0.673. The van der Waals surface area contributed by atoms with Crippen LogP contribution in [0.4, 0.5) is 5.69 Å². The van der Waals surface area contributed by atoms with E-state index in [1.807, 2.05) is 70.2 Å². The van der Waals surface area contributed by atoms with Crippen molar-refractivity contribution in [3.05, 3.63) is 64.7 Å². The van der Waals surface area contributed by atoms with Crippen molar-refractivity contribution in [1.29, 1.82) is 0 Å². The second-order valence-corrected chi connectivity index (χ2v) is 5.82. The van der Waals surface area contributed by atoms with Gasteiger partial charge in [-0.3, -0.25) is 4.79 Å². The molecule has 0 aliphatic carbocycles. The Morgan fingerprint density at radius 3 is 2.20 bits per heavy atom. The number of ketones is 1. The highest BCUT2D eigenvalue weighted by Gasteiger charge is 2.31. The standard InChI is InChI=1S/C18H21NO/c1-12-6-5-7-16(13(12)2)17(20)18(3,4)14-8-10-15(19)11-9-14/h5-11H,19H2,1-4H3. The molecule has 0 aromatic heterocycles. The predicted octanol–water partition coefficient (Wildman–Crippen LogP) is 4.05. The predicted molar refractivity (Wildman–Crippen MR) is 84.1 cm³/mol. The van der Waals surface area contributed by atoms with E-state index in [-0.39, 0.29) is 5.78 Å². The molecule has 2 rings (SSSR count). The zero-order valence-electron chi connectivity index (χ0n) is 12.5. The lowest BCUT2D eigenvalue weighted by molar-refractivity contribution is 0.0908. The maximum atomic E-state index is 12.9. The lowest BCUT2D eigenvalue weighted by Gasteiger charge is -2.25. The summed E-state index contributed by atoms with van der Waals surface area (Å²) in [6.45, 7) is 7.95. The van der Waals surface area contributed by atoms with Gasteiger partial charge >= 0.3 is 0 Å². The van der Waals surface area contributed by atoms with E-state index in [2.05, 4.69) is 0 Å². The zero-order valence-corrected chi connectivity index (χ0v) is 12.5. The molecular formula is C18H21NO. The zero-order chi connectivity index (χ0) is 14.9. The van der Waals surface area contributed by atoms with Crippen LogP contribution in [0.15, 0.2) is 42.5 Å². The third-order valence-electron chi connectivity index (χ3n) is 4.05. The molecular weight excluding hydrogens is 246 g/mol. The molecule has 0 atom stereocenters. The average Bonchev–Trinajstić information content (AvgIpc) is 2.41. The van der Waals surface area contributed by atoms with Crippen LogP contribution in [-0.4, -0.2) is 5.78 Å². The molecule has 0 saturated heterocycles. The maximum absolute atomic E-state index is 12.9. The molecule has 20 heavy (non-hydrogen) atoms. The van der Waals surface area contributed by atoms with Crippen molar-refractivity contribution >= 4 is 11.5 Å². The van der Waals surface area contributed by atoms with Crippen LogP contribution in [0.5, 0.6) is 0 Å². The maximum Gasteiger partial charge on any atom is 0.173 e. The largest absolute Gasteiger partial charge is 0.399 e. The first-order valence-corrected chi connectivity index (χ1v) is 6.81. The van der Waals surface area contributed by atoms with E-state index >= 15 is 0 Å². The molecule has 2 N–H and O–H groups in total. The minimum atomic E-state index is -0.563. The van der Waals surface area contributed by atoms with Crippen LogP contribution in [-0.2, 0) is 5.41 Å². The van der Waals surface area contributed by atoms with Crippen molar-refractivity contribution in [3.63, 3.8) is 0 Å². The Morgan fingerprint density at radius 1 is 1.00 bits per heavy atom. The van der Waals surface area contributed by atoms with Crippen LogP contribution < -0.4 is 5.73 Å². The summed E-state index contributed by atoms with van der Waals surface area (Å²) >= 11 is 0. The van der Waals surface area contributed by atoms with E-state index in [0.717, 1.165) is 22.3 Å². The third-order valence-corrected chi connectivity index (χ3v) is 4.05. The first-order chi connectivity index (χ1) is 9.34. The smallest absolute Gasteiger partial charge is 0.173 e. The second-order valence-electron chi connectivity index (χ2n) is 5.82. The Bertz CT molecular complexity index is 639. The number of hydrogen-bond donors (Lipinski definition) is 1. The van der Waals surface area contributed by atoms with Gasteiger partial charge in [0.1, 0.15) is 0 Å². The Hall–Kier alpha value is -2.09. The van der Waals surface area contributed by atoms with Crippen LogP contribution in [0.2, 0.25) is 0 Å². The van der Waals surface area contributed by atoms with Crippen LogP contribution in [0, 0.1) is 13.8 Å². The molecule has 0 spiro atoms. The van der Waals surface area contributed by atoms with Crippen LogP contribution in [0.1, 0.15) is 40.9 Å². The summed E-state index contributed by atoms with van der Waals surface area (Å²) in [6.07, 6.45) is 0. The number of carbonyl (C=O) groups excluding carboxylic acids is 1. The molecule has 0 saturated carbocycles. The fraction of sp³-hybridized carbons (Fsp3) is 0.278. The monoisotopic (exact) mass is 267 g/mol. The summed E-state index contributed by atoms with van der Waals surface area (Å²) in [5, 5.41) is 0. The van der Waals surface area contributed by atoms with Gasteiger partial charge < -0.3 is 5.73 Å². The van der Waals surface area contributed by atoms with Crippen molar-refractivity contribution in [2.24, 2.45) is 0 Å². The summed E-state index contributed by atoms with van der Waals surface area (Å²) in [5.74, 6) is 0.142. The molecule has 2 nitrogen and oxygen atoms in total. The van der Waals surface area contributed by atoms with Crippen molar-refractivity contribution in [2.45, 2.75) is 33.1 Å². The van der Waals surface area contributed by atoms with Gasteiger partial charge in [0.15, 0.2) is 5.78 Å². The summed E-state index contributed by atoms with van der Waals surface area (Å²) in [5.41, 5.74) is 9.85. The number of nitrogen functional groups attached to an aromatic ring is 1. The normalized spacial score (nSPS) is 11.4. The molecule has 0 aliphatic rings. The Labute approximate surface area is 120 Å². The number of carbonyl (C=O) groups is 1.